The summed E-state index contributed by atoms with van der Waals surface area (Å²) in [4.78, 5) is 16.4. The number of hydrogen-bond donors (Lipinski definition) is 1. The van der Waals surface area contributed by atoms with Gasteiger partial charge in [0.05, 0.1) is 19.8 Å². The maximum atomic E-state index is 12.2. The molecule has 20 heavy (non-hydrogen) atoms. The van der Waals surface area contributed by atoms with E-state index in [-0.39, 0.29) is 5.91 Å². The van der Waals surface area contributed by atoms with Crippen molar-refractivity contribution in [1.29, 1.82) is 0 Å². The lowest BCUT2D eigenvalue weighted by Crippen LogP contribution is -2.48. The van der Waals surface area contributed by atoms with E-state index in [4.69, 9.17) is 4.74 Å². The van der Waals surface area contributed by atoms with Crippen LogP contribution in [0.25, 0.3) is 0 Å². The zero-order chi connectivity index (χ0) is 14.4. The van der Waals surface area contributed by atoms with Crippen LogP contribution in [0, 0.1) is 0 Å². The van der Waals surface area contributed by atoms with Gasteiger partial charge in [0.15, 0.2) is 0 Å². The molecule has 0 atom stereocenters. The lowest BCUT2D eigenvalue weighted by atomic mass is 9.90. The van der Waals surface area contributed by atoms with Gasteiger partial charge in [0.25, 0.3) is 0 Å². The second-order valence-electron chi connectivity index (χ2n) is 5.97. The predicted molar refractivity (Wildman–Crippen MR) is 79.7 cm³/mol. The van der Waals surface area contributed by atoms with Crippen LogP contribution in [-0.2, 0) is 9.53 Å². The topological polar surface area (TPSA) is 44.8 Å². The van der Waals surface area contributed by atoms with Gasteiger partial charge in [0, 0.05) is 25.2 Å². The molecule has 0 aromatic carbocycles. The van der Waals surface area contributed by atoms with Gasteiger partial charge < -0.3 is 15.0 Å². The standard InChI is InChI=1S/C15H29N3O2/c1-3-16-13-4-6-14(7-5-13)17(2)12-15(19)18-8-10-20-11-9-18/h13-14,16H,3-12H2,1-2H3. The summed E-state index contributed by atoms with van der Waals surface area (Å²) in [5.74, 6) is 0.254. The Kier molecular flexibility index (Phi) is 6.26. The fourth-order valence-electron chi connectivity index (χ4n) is 3.26. The third-order valence-corrected chi connectivity index (χ3v) is 4.56. The van der Waals surface area contributed by atoms with Crippen molar-refractivity contribution in [3.8, 4) is 0 Å². The number of rotatable bonds is 5. The molecule has 0 radical (unpaired) electrons. The second kappa shape index (κ2) is 7.96. The van der Waals surface area contributed by atoms with E-state index in [1.165, 1.54) is 25.7 Å². The minimum atomic E-state index is 0.254. The maximum Gasteiger partial charge on any atom is 0.236 e. The van der Waals surface area contributed by atoms with Crippen molar-refractivity contribution in [2.24, 2.45) is 0 Å². The molecular weight excluding hydrogens is 254 g/mol. The number of hydrogen-bond acceptors (Lipinski definition) is 4. The van der Waals surface area contributed by atoms with Gasteiger partial charge >= 0.3 is 0 Å². The van der Waals surface area contributed by atoms with Crippen LogP contribution in [0.5, 0.6) is 0 Å². The molecule has 0 bridgehead atoms. The summed E-state index contributed by atoms with van der Waals surface area (Å²) >= 11 is 0. The van der Waals surface area contributed by atoms with E-state index >= 15 is 0 Å². The molecular formula is C15H29N3O2. The van der Waals surface area contributed by atoms with Crippen LogP contribution in [0.3, 0.4) is 0 Å². The average Bonchev–Trinajstić information content (AvgIpc) is 2.49. The van der Waals surface area contributed by atoms with Crippen LogP contribution in [0.1, 0.15) is 32.6 Å². The third kappa shape index (κ3) is 4.43. The van der Waals surface area contributed by atoms with Crippen LogP contribution in [0.4, 0.5) is 0 Å². The van der Waals surface area contributed by atoms with Crippen molar-refractivity contribution in [2.45, 2.75) is 44.7 Å². The summed E-state index contributed by atoms with van der Waals surface area (Å²) < 4.78 is 5.29. The summed E-state index contributed by atoms with van der Waals surface area (Å²) in [7, 11) is 2.09. The van der Waals surface area contributed by atoms with Gasteiger partial charge in [-0.15, -0.1) is 0 Å². The number of amides is 1. The van der Waals surface area contributed by atoms with E-state index in [2.05, 4.69) is 24.2 Å². The molecule has 2 aliphatic rings. The Morgan fingerprint density at radius 3 is 2.50 bits per heavy atom. The van der Waals surface area contributed by atoms with Crippen molar-refractivity contribution in [3.05, 3.63) is 0 Å². The number of carbonyl (C=O) groups excluding carboxylic acids is 1. The molecule has 1 saturated heterocycles. The molecule has 1 amide bonds. The van der Waals surface area contributed by atoms with Gasteiger partial charge in [-0.2, -0.15) is 0 Å². The zero-order valence-electron chi connectivity index (χ0n) is 12.9. The molecule has 0 aromatic heterocycles. The Morgan fingerprint density at radius 2 is 1.90 bits per heavy atom. The van der Waals surface area contributed by atoms with Gasteiger partial charge in [-0.3, -0.25) is 9.69 Å². The molecule has 0 spiro atoms. The average molecular weight is 283 g/mol. The van der Waals surface area contributed by atoms with E-state index in [9.17, 15) is 4.79 Å². The molecule has 0 unspecified atom stereocenters. The SMILES string of the molecule is CCNC1CCC(N(C)CC(=O)N2CCOCC2)CC1. The van der Waals surface area contributed by atoms with Gasteiger partial charge in [-0.25, -0.2) is 0 Å². The highest BCUT2D eigenvalue weighted by Crippen LogP contribution is 2.22. The molecule has 116 valence electrons. The van der Waals surface area contributed by atoms with Crippen molar-refractivity contribution >= 4 is 5.91 Å². The fourth-order valence-corrected chi connectivity index (χ4v) is 3.26. The summed E-state index contributed by atoms with van der Waals surface area (Å²) in [6.07, 6.45) is 4.86. The molecule has 2 rings (SSSR count). The Hall–Kier alpha value is -0.650. The van der Waals surface area contributed by atoms with Gasteiger partial charge in [0.2, 0.25) is 5.91 Å². The molecule has 1 aliphatic heterocycles. The monoisotopic (exact) mass is 283 g/mol. The lowest BCUT2D eigenvalue weighted by molar-refractivity contribution is -0.136. The molecule has 1 aliphatic carbocycles. The van der Waals surface area contributed by atoms with Crippen LogP contribution >= 0.6 is 0 Å². The number of ether oxygens (including phenoxy) is 1. The van der Waals surface area contributed by atoms with Gasteiger partial charge in [-0.05, 0) is 39.3 Å². The fraction of sp³-hybridized carbons (Fsp3) is 0.933. The van der Waals surface area contributed by atoms with Gasteiger partial charge in [0.1, 0.15) is 0 Å². The Morgan fingerprint density at radius 1 is 1.25 bits per heavy atom. The minimum Gasteiger partial charge on any atom is -0.378 e. The van der Waals surface area contributed by atoms with Crippen molar-refractivity contribution in [1.82, 2.24) is 15.1 Å². The first kappa shape index (κ1) is 15.7. The number of morpholine rings is 1. The lowest BCUT2D eigenvalue weighted by Gasteiger charge is -2.36. The van der Waals surface area contributed by atoms with Gasteiger partial charge in [-0.1, -0.05) is 6.92 Å². The Balaban J connectivity index is 1.71. The van der Waals surface area contributed by atoms with E-state index < -0.39 is 0 Å². The maximum absolute atomic E-state index is 12.2. The molecule has 5 nitrogen and oxygen atoms in total. The number of carbonyl (C=O) groups is 1. The van der Waals surface area contributed by atoms with Crippen LogP contribution < -0.4 is 5.32 Å². The Bertz CT molecular complexity index is 297. The summed E-state index contributed by atoms with van der Waals surface area (Å²) in [6, 6.07) is 1.24. The number of likely N-dealkylation sites (N-methyl/N-ethyl adjacent to an activating group) is 1. The highest BCUT2D eigenvalue weighted by Gasteiger charge is 2.26. The smallest absolute Gasteiger partial charge is 0.236 e. The predicted octanol–water partition coefficient (Wildman–Crippen LogP) is 0.698. The number of nitrogens with one attached hydrogen (secondary N) is 1. The number of nitrogens with zero attached hydrogens (tertiary/aromatic N) is 2. The quantitative estimate of drug-likeness (QED) is 0.807. The van der Waals surface area contributed by atoms with Crippen LogP contribution in [0.2, 0.25) is 0 Å². The third-order valence-electron chi connectivity index (χ3n) is 4.56. The summed E-state index contributed by atoms with van der Waals surface area (Å²) in [5.41, 5.74) is 0. The first-order chi connectivity index (χ1) is 9.70. The molecule has 1 saturated carbocycles. The molecule has 0 aromatic rings. The largest absolute Gasteiger partial charge is 0.378 e. The van der Waals surface area contributed by atoms with E-state index in [1.54, 1.807) is 0 Å². The van der Waals surface area contributed by atoms with Crippen LogP contribution in [0.15, 0.2) is 0 Å². The minimum absolute atomic E-state index is 0.254. The summed E-state index contributed by atoms with van der Waals surface area (Å²) in [6.45, 7) is 6.64. The molecule has 5 heteroatoms. The first-order valence-electron chi connectivity index (χ1n) is 8.00. The summed E-state index contributed by atoms with van der Waals surface area (Å²) in [5, 5.41) is 3.53. The second-order valence-corrected chi connectivity index (χ2v) is 5.97. The normalized spacial score (nSPS) is 27.9. The highest BCUT2D eigenvalue weighted by molar-refractivity contribution is 5.78. The van der Waals surface area contributed by atoms with Crippen molar-refractivity contribution in [3.63, 3.8) is 0 Å². The van der Waals surface area contributed by atoms with Crippen LogP contribution in [-0.4, -0.2) is 74.2 Å². The molecule has 1 N–H and O–H groups in total. The first-order valence-corrected chi connectivity index (χ1v) is 8.00. The highest BCUT2D eigenvalue weighted by atomic mass is 16.5. The van der Waals surface area contributed by atoms with E-state index in [0.29, 0.717) is 31.8 Å². The zero-order valence-corrected chi connectivity index (χ0v) is 12.9. The Labute approximate surface area is 122 Å². The van der Waals surface area contributed by atoms with E-state index in [1.807, 2.05) is 4.90 Å². The van der Waals surface area contributed by atoms with Crippen molar-refractivity contribution < 1.29 is 9.53 Å². The van der Waals surface area contributed by atoms with Crippen molar-refractivity contribution in [2.75, 3.05) is 46.4 Å². The molecule has 2 fully saturated rings. The molecule has 1 heterocycles. The van der Waals surface area contributed by atoms with E-state index in [0.717, 1.165) is 19.6 Å².